The lowest BCUT2D eigenvalue weighted by molar-refractivity contribution is -0.153. The van der Waals surface area contributed by atoms with Crippen LogP contribution < -0.4 is 0 Å². The van der Waals surface area contributed by atoms with E-state index in [0.717, 1.165) is 0 Å². The molecule has 1 aliphatic heterocycles. The molecule has 1 rings (SSSR count). The zero-order chi connectivity index (χ0) is 18.5. The Balaban J connectivity index is 2.80. The van der Waals surface area contributed by atoms with Crippen molar-refractivity contribution in [3.8, 4) is 0 Å². The van der Waals surface area contributed by atoms with E-state index in [9.17, 15) is 9.59 Å². The molecule has 1 atom stereocenters. The summed E-state index contributed by atoms with van der Waals surface area (Å²) in [6.45, 7) is 12.9. The molecule has 1 aliphatic rings. The average Bonchev–Trinajstić information content (AvgIpc) is 2.43. The third kappa shape index (κ3) is 6.28. The molecule has 0 aromatic rings. The highest BCUT2D eigenvalue weighted by molar-refractivity contribution is 5.83. The molecule has 1 saturated heterocycles. The summed E-state index contributed by atoms with van der Waals surface area (Å²) in [4.78, 5) is 28.3. The topological polar surface area (TPSA) is 68.3 Å². The molecule has 140 valence electrons. The molecule has 0 radical (unpaired) electrons. The van der Waals surface area contributed by atoms with E-state index >= 15 is 0 Å². The monoisotopic (exact) mass is 344 g/mol. The molecule has 2 amide bonds. The van der Waals surface area contributed by atoms with Crippen LogP contribution in [0.2, 0.25) is 0 Å². The Morgan fingerprint density at radius 3 is 2.50 bits per heavy atom. The Hall–Kier alpha value is -1.34. The van der Waals surface area contributed by atoms with Crippen LogP contribution in [0.5, 0.6) is 0 Å². The zero-order valence-electron chi connectivity index (χ0n) is 16.0. The first kappa shape index (κ1) is 20.7. The summed E-state index contributed by atoms with van der Waals surface area (Å²) in [6, 6.07) is 0. The molecule has 7 heteroatoms. The van der Waals surface area contributed by atoms with Crippen LogP contribution in [0.4, 0.5) is 4.79 Å². The predicted molar refractivity (Wildman–Crippen MR) is 90.9 cm³/mol. The summed E-state index contributed by atoms with van der Waals surface area (Å²) in [5.41, 5.74) is -1.01. The molecule has 24 heavy (non-hydrogen) atoms. The zero-order valence-corrected chi connectivity index (χ0v) is 16.0. The minimum Gasteiger partial charge on any atom is -0.444 e. The van der Waals surface area contributed by atoms with Gasteiger partial charge < -0.3 is 19.1 Å². The van der Waals surface area contributed by atoms with E-state index in [0.29, 0.717) is 26.3 Å². The molecule has 0 aromatic heterocycles. The maximum Gasteiger partial charge on any atom is 0.410 e. The summed E-state index contributed by atoms with van der Waals surface area (Å²) in [7, 11) is 1.56. The Bertz CT molecular complexity index is 445. The molecule has 1 fully saturated rings. The fourth-order valence-corrected chi connectivity index (χ4v) is 2.43. The lowest BCUT2D eigenvalue weighted by atomic mass is 10.0. The van der Waals surface area contributed by atoms with E-state index in [4.69, 9.17) is 14.2 Å². The summed E-state index contributed by atoms with van der Waals surface area (Å²) in [6.07, 6.45) is -0.525. The van der Waals surface area contributed by atoms with Crippen molar-refractivity contribution >= 4 is 12.0 Å². The van der Waals surface area contributed by atoms with Crippen molar-refractivity contribution in [2.24, 2.45) is 0 Å². The number of carbonyl (C=O) groups is 2. The number of nitrogens with zero attached hydrogens (tertiary/aromatic N) is 2. The summed E-state index contributed by atoms with van der Waals surface area (Å²) >= 11 is 0. The Labute approximate surface area is 145 Å². The first-order valence-corrected chi connectivity index (χ1v) is 8.35. The summed E-state index contributed by atoms with van der Waals surface area (Å²) in [5.74, 6) is -0.114. The van der Waals surface area contributed by atoms with Crippen LogP contribution in [0.3, 0.4) is 0 Å². The molecular weight excluding hydrogens is 312 g/mol. The largest absolute Gasteiger partial charge is 0.444 e. The lowest BCUT2D eigenvalue weighted by Gasteiger charge is -2.45. The van der Waals surface area contributed by atoms with Crippen molar-refractivity contribution < 1.29 is 23.8 Å². The van der Waals surface area contributed by atoms with E-state index in [1.807, 2.05) is 20.8 Å². The molecule has 0 aliphatic carbocycles. The number of rotatable bonds is 5. The fourth-order valence-electron chi connectivity index (χ4n) is 2.43. The number of carbonyl (C=O) groups excluding carboxylic acids is 2. The first-order chi connectivity index (χ1) is 11.0. The second-order valence-electron chi connectivity index (χ2n) is 7.83. The van der Waals surface area contributed by atoms with E-state index in [2.05, 4.69) is 0 Å². The van der Waals surface area contributed by atoms with E-state index in [1.165, 1.54) is 4.90 Å². The highest BCUT2D eigenvalue weighted by atomic mass is 16.6. The van der Waals surface area contributed by atoms with Gasteiger partial charge in [0.1, 0.15) is 12.1 Å². The van der Waals surface area contributed by atoms with Gasteiger partial charge in [-0.05, 0) is 41.5 Å². The number of morpholine rings is 1. The summed E-state index contributed by atoms with van der Waals surface area (Å²) in [5, 5.41) is 0. The van der Waals surface area contributed by atoms with Crippen LogP contribution in [-0.4, -0.2) is 79.0 Å². The molecule has 1 unspecified atom stereocenters. The maximum absolute atomic E-state index is 12.8. The van der Waals surface area contributed by atoms with Crippen molar-refractivity contribution in [1.82, 2.24) is 9.80 Å². The normalized spacial score (nSPS) is 20.6. The van der Waals surface area contributed by atoms with Gasteiger partial charge in [-0.1, -0.05) is 0 Å². The van der Waals surface area contributed by atoms with Gasteiger partial charge in [-0.25, -0.2) is 4.79 Å². The van der Waals surface area contributed by atoms with Crippen LogP contribution in [0.25, 0.3) is 0 Å². The van der Waals surface area contributed by atoms with Crippen LogP contribution in [0.1, 0.15) is 41.5 Å². The van der Waals surface area contributed by atoms with Gasteiger partial charge in [-0.15, -0.1) is 0 Å². The van der Waals surface area contributed by atoms with Crippen LogP contribution in [0, 0.1) is 0 Å². The highest BCUT2D eigenvalue weighted by Crippen LogP contribution is 2.22. The van der Waals surface area contributed by atoms with Gasteiger partial charge in [-0.2, -0.15) is 0 Å². The van der Waals surface area contributed by atoms with Gasteiger partial charge in [0.15, 0.2) is 0 Å². The fraction of sp³-hybridized carbons (Fsp3) is 0.882. The second kappa shape index (κ2) is 8.16. The van der Waals surface area contributed by atoms with Crippen molar-refractivity contribution in [2.75, 3.05) is 40.0 Å². The smallest absolute Gasteiger partial charge is 0.410 e. The number of ether oxygens (including phenoxy) is 3. The Morgan fingerprint density at radius 1 is 1.33 bits per heavy atom. The Kier molecular flexibility index (Phi) is 7.04. The molecule has 0 aromatic carbocycles. The average molecular weight is 344 g/mol. The van der Waals surface area contributed by atoms with Gasteiger partial charge >= 0.3 is 6.09 Å². The van der Waals surface area contributed by atoms with Gasteiger partial charge in [-0.3, -0.25) is 9.69 Å². The third-order valence-corrected chi connectivity index (χ3v) is 3.74. The second-order valence-corrected chi connectivity index (χ2v) is 7.83. The SMILES string of the molecule is COCCN(CC(=O)N1CC(C)OCC1(C)C)C(=O)OC(C)(C)C. The van der Waals surface area contributed by atoms with E-state index in [-0.39, 0.29) is 18.6 Å². The summed E-state index contributed by atoms with van der Waals surface area (Å²) < 4.78 is 16.1. The predicted octanol–water partition coefficient (Wildman–Crippen LogP) is 1.90. The molecule has 0 N–H and O–H groups in total. The number of methoxy groups -OCH3 is 1. The highest BCUT2D eigenvalue weighted by Gasteiger charge is 2.37. The van der Waals surface area contributed by atoms with Crippen LogP contribution in [-0.2, 0) is 19.0 Å². The minimum absolute atomic E-state index is 0.0177. The van der Waals surface area contributed by atoms with Crippen LogP contribution >= 0.6 is 0 Å². The maximum atomic E-state index is 12.8. The Morgan fingerprint density at radius 2 is 1.96 bits per heavy atom. The molecular formula is C17H32N2O5. The van der Waals surface area contributed by atoms with Crippen molar-refractivity contribution in [2.45, 2.75) is 58.8 Å². The molecule has 7 nitrogen and oxygen atoms in total. The first-order valence-electron chi connectivity index (χ1n) is 8.35. The number of amides is 2. The van der Waals surface area contributed by atoms with E-state index in [1.54, 1.807) is 32.8 Å². The lowest BCUT2D eigenvalue weighted by Crippen LogP contribution is -2.60. The minimum atomic E-state index is -0.613. The van der Waals surface area contributed by atoms with E-state index < -0.39 is 17.2 Å². The standard InChI is InChI=1S/C17H32N2O5/c1-13-10-19(17(5,6)12-23-13)14(20)11-18(8-9-22-7)15(21)24-16(2,3)4/h13H,8-12H2,1-7H3. The van der Waals surface area contributed by atoms with Crippen molar-refractivity contribution in [1.29, 1.82) is 0 Å². The van der Waals surface area contributed by atoms with Crippen LogP contribution in [0.15, 0.2) is 0 Å². The van der Waals surface area contributed by atoms with Gasteiger partial charge in [0.25, 0.3) is 0 Å². The molecule has 0 bridgehead atoms. The molecule has 0 saturated carbocycles. The van der Waals surface area contributed by atoms with Gasteiger partial charge in [0.05, 0.1) is 24.9 Å². The molecule has 1 heterocycles. The number of hydrogen-bond acceptors (Lipinski definition) is 5. The van der Waals surface area contributed by atoms with Crippen molar-refractivity contribution in [3.05, 3.63) is 0 Å². The number of hydrogen-bond donors (Lipinski definition) is 0. The quantitative estimate of drug-likeness (QED) is 0.762. The third-order valence-electron chi connectivity index (χ3n) is 3.74. The van der Waals surface area contributed by atoms with Gasteiger partial charge in [0.2, 0.25) is 5.91 Å². The van der Waals surface area contributed by atoms with Gasteiger partial charge in [0, 0.05) is 20.2 Å². The van der Waals surface area contributed by atoms with Crippen molar-refractivity contribution in [3.63, 3.8) is 0 Å². The molecule has 0 spiro atoms.